The summed E-state index contributed by atoms with van der Waals surface area (Å²) < 4.78 is 6.87. The maximum absolute atomic E-state index is 13.0. The number of aryl methyl sites for hydroxylation is 1. The second kappa shape index (κ2) is 8.59. The highest BCUT2D eigenvalue weighted by atomic mass is 79.9. The highest BCUT2D eigenvalue weighted by molar-refractivity contribution is 9.10. The average Bonchev–Trinajstić information content (AvgIpc) is 2.67. The van der Waals surface area contributed by atoms with Gasteiger partial charge in [0.05, 0.1) is 5.69 Å². The van der Waals surface area contributed by atoms with Crippen LogP contribution in [-0.2, 0) is 9.59 Å². The van der Waals surface area contributed by atoms with Crippen molar-refractivity contribution in [2.75, 3.05) is 11.5 Å². The van der Waals surface area contributed by atoms with Crippen molar-refractivity contribution in [3.05, 3.63) is 62.0 Å². The van der Waals surface area contributed by atoms with E-state index in [1.807, 2.05) is 13.0 Å². The van der Waals surface area contributed by atoms with Gasteiger partial charge in [0, 0.05) is 14.5 Å². The standard InChI is InChI=1S/C20H13Br2N3O4/c1-11-8-14(3-4-16(11)22)25-19(27)15(18(26)24-20(25)28)10-12-9-13(21)2-5-17(12)29-7-6-23/h2-5,8-10H,7H2,1H3,(H,24,26,28)/b15-10+. The molecule has 0 saturated carbocycles. The molecule has 0 unspecified atom stereocenters. The molecule has 29 heavy (non-hydrogen) atoms. The number of hydrogen-bond donors (Lipinski definition) is 1. The number of anilines is 1. The summed E-state index contributed by atoms with van der Waals surface area (Å²) in [6.45, 7) is 1.63. The van der Waals surface area contributed by atoms with Crippen LogP contribution >= 0.6 is 31.9 Å². The number of halogens is 2. The zero-order valence-corrected chi connectivity index (χ0v) is 18.2. The number of nitriles is 1. The molecule has 1 heterocycles. The van der Waals surface area contributed by atoms with Gasteiger partial charge in [-0.3, -0.25) is 14.9 Å². The first-order chi connectivity index (χ1) is 13.8. The predicted molar refractivity (Wildman–Crippen MR) is 113 cm³/mol. The molecule has 2 aromatic carbocycles. The van der Waals surface area contributed by atoms with Crippen molar-refractivity contribution in [2.45, 2.75) is 6.92 Å². The molecule has 1 aliphatic heterocycles. The van der Waals surface area contributed by atoms with E-state index in [-0.39, 0.29) is 12.2 Å². The third-order valence-corrected chi connectivity index (χ3v) is 5.45. The van der Waals surface area contributed by atoms with Crippen molar-refractivity contribution in [3.8, 4) is 11.8 Å². The number of hydrogen-bond acceptors (Lipinski definition) is 5. The summed E-state index contributed by atoms with van der Waals surface area (Å²) in [5.41, 5.74) is 1.34. The number of amides is 4. The number of nitrogens with one attached hydrogen (secondary N) is 1. The van der Waals surface area contributed by atoms with Gasteiger partial charge in [0.25, 0.3) is 11.8 Å². The van der Waals surface area contributed by atoms with Crippen LogP contribution in [-0.4, -0.2) is 24.5 Å². The molecule has 4 amide bonds. The number of nitrogens with zero attached hydrogens (tertiary/aromatic N) is 2. The van der Waals surface area contributed by atoms with Crippen molar-refractivity contribution < 1.29 is 19.1 Å². The summed E-state index contributed by atoms with van der Waals surface area (Å²) >= 11 is 6.70. The Bertz CT molecular complexity index is 1110. The molecule has 146 valence electrons. The number of rotatable bonds is 4. The molecule has 1 aliphatic rings. The van der Waals surface area contributed by atoms with Crippen LogP contribution in [0.1, 0.15) is 11.1 Å². The molecule has 9 heteroatoms. The van der Waals surface area contributed by atoms with Crippen molar-refractivity contribution in [1.82, 2.24) is 5.32 Å². The molecule has 2 aromatic rings. The van der Waals surface area contributed by atoms with Crippen LogP contribution in [0.3, 0.4) is 0 Å². The zero-order chi connectivity index (χ0) is 21.1. The Balaban J connectivity index is 2.05. The number of carbonyl (C=O) groups excluding carboxylic acids is 3. The van der Waals surface area contributed by atoms with Gasteiger partial charge in [0.2, 0.25) is 0 Å². The Morgan fingerprint density at radius 2 is 1.93 bits per heavy atom. The molecule has 0 atom stereocenters. The zero-order valence-electron chi connectivity index (χ0n) is 15.0. The van der Waals surface area contributed by atoms with Crippen molar-refractivity contribution in [1.29, 1.82) is 5.26 Å². The summed E-state index contributed by atoms with van der Waals surface area (Å²) in [7, 11) is 0. The van der Waals surface area contributed by atoms with Crippen molar-refractivity contribution >= 4 is 61.5 Å². The predicted octanol–water partition coefficient (Wildman–Crippen LogP) is 4.09. The monoisotopic (exact) mass is 517 g/mol. The fourth-order valence-electron chi connectivity index (χ4n) is 2.69. The van der Waals surface area contributed by atoms with Gasteiger partial charge < -0.3 is 4.74 Å². The maximum atomic E-state index is 13.0. The number of ether oxygens (including phenoxy) is 1. The summed E-state index contributed by atoms with van der Waals surface area (Å²) in [5.74, 6) is -1.24. The second-order valence-corrected chi connectivity index (χ2v) is 7.79. The lowest BCUT2D eigenvalue weighted by Gasteiger charge is -2.26. The largest absolute Gasteiger partial charge is 0.478 e. The molecule has 0 aromatic heterocycles. The van der Waals surface area contributed by atoms with Crippen LogP contribution < -0.4 is 15.0 Å². The summed E-state index contributed by atoms with van der Waals surface area (Å²) in [6, 6.07) is 11.0. The highest BCUT2D eigenvalue weighted by Crippen LogP contribution is 2.29. The quantitative estimate of drug-likeness (QED) is 0.485. The first-order valence-electron chi connectivity index (χ1n) is 8.28. The molecule has 1 fully saturated rings. The molecular formula is C20H13Br2N3O4. The Kier molecular flexibility index (Phi) is 6.15. The number of benzene rings is 2. The van der Waals surface area contributed by atoms with Gasteiger partial charge in [-0.2, -0.15) is 5.26 Å². The van der Waals surface area contributed by atoms with E-state index in [0.29, 0.717) is 21.5 Å². The number of barbiturate groups is 1. The minimum absolute atomic E-state index is 0.194. The third kappa shape index (κ3) is 4.39. The summed E-state index contributed by atoms with van der Waals surface area (Å²) in [5, 5.41) is 10.9. The van der Waals surface area contributed by atoms with E-state index < -0.39 is 17.8 Å². The lowest BCUT2D eigenvalue weighted by Crippen LogP contribution is -2.54. The third-order valence-electron chi connectivity index (χ3n) is 4.07. The van der Waals surface area contributed by atoms with Crippen LogP contribution in [0.15, 0.2) is 50.9 Å². The van der Waals surface area contributed by atoms with Crippen LogP contribution in [0.2, 0.25) is 0 Å². The molecule has 1 N–H and O–H groups in total. The fraction of sp³-hybridized carbons (Fsp3) is 0.100. The van der Waals surface area contributed by atoms with E-state index in [4.69, 9.17) is 10.00 Å². The van der Waals surface area contributed by atoms with Gasteiger partial charge in [0.15, 0.2) is 6.61 Å². The van der Waals surface area contributed by atoms with E-state index >= 15 is 0 Å². The van der Waals surface area contributed by atoms with Gasteiger partial charge in [-0.05, 0) is 55.0 Å². The van der Waals surface area contributed by atoms with E-state index in [0.717, 1.165) is 14.9 Å². The van der Waals surface area contributed by atoms with Gasteiger partial charge in [-0.25, -0.2) is 9.69 Å². The van der Waals surface area contributed by atoms with Crippen LogP contribution in [0.5, 0.6) is 5.75 Å². The fourth-order valence-corrected chi connectivity index (χ4v) is 3.31. The minimum Gasteiger partial charge on any atom is -0.478 e. The minimum atomic E-state index is -0.825. The van der Waals surface area contributed by atoms with Gasteiger partial charge in [-0.15, -0.1) is 0 Å². The van der Waals surface area contributed by atoms with E-state index in [1.165, 1.54) is 6.08 Å². The first kappa shape index (κ1) is 20.8. The van der Waals surface area contributed by atoms with Crippen molar-refractivity contribution in [3.63, 3.8) is 0 Å². The summed E-state index contributed by atoms with van der Waals surface area (Å²) in [4.78, 5) is 38.6. The maximum Gasteiger partial charge on any atom is 0.335 e. The van der Waals surface area contributed by atoms with E-state index in [2.05, 4.69) is 37.2 Å². The first-order valence-corrected chi connectivity index (χ1v) is 9.87. The molecule has 3 rings (SSSR count). The normalized spacial score (nSPS) is 15.3. The Morgan fingerprint density at radius 3 is 2.62 bits per heavy atom. The number of urea groups is 1. The highest BCUT2D eigenvalue weighted by Gasteiger charge is 2.37. The van der Waals surface area contributed by atoms with E-state index in [9.17, 15) is 14.4 Å². The average molecular weight is 519 g/mol. The van der Waals surface area contributed by atoms with Gasteiger partial charge in [0.1, 0.15) is 17.4 Å². The Hall–Kier alpha value is -2.96. The Labute approximate surface area is 183 Å². The molecular weight excluding hydrogens is 506 g/mol. The lowest BCUT2D eigenvalue weighted by atomic mass is 10.1. The smallest absolute Gasteiger partial charge is 0.335 e. The molecule has 1 saturated heterocycles. The molecule has 0 spiro atoms. The summed E-state index contributed by atoms with van der Waals surface area (Å²) in [6.07, 6.45) is 1.33. The van der Waals surface area contributed by atoms with Crippen molar-refractivity contribution in [2.24, 2.45) is 0 Å². The van der Waals surface area contributed by atoms with Crippen LogP contribution in [0, 0.1) is 18.3 Å². The topological polar surface area (TPSA) is 99.5 Å². The lowest BCUT2D eigenvalue weighted by molar-refractivity contribution is -0.122. The van der Waals surface area contributed by atoms with E-state index in [1.54, 1.807) is 36.4 Å². The molecule has 7 nitrogen and oxygen atoms in total. The number of carbonyl (C=O) groups is 3. The van der Waals surface area contributed by atoms with Crippen LogP contribution in [0.4, 0.5) is 10.5 Å². The molecule has 0 radical (unpaired) electrons. The van der Waals surface area contributed by atoms with Gasteiger partial charge in [-0.1, -0.05) is 31.9 Å². The second-order valence-electron chi connectivity index (χ2n) is 6.02. The molecule has 0 aliphatic carbocycles. The SMILES string of the molecule is Cc1cc(N2C(=O)NC(=O)/C(=C\c3cc(Br)ccc3OCC#N)C2=O)ccc1Br. The Morgan fingerprint density at radius 1 is 1.17 bits per heavy atom. The number of imide groups is 2. The van der Waals surface area contributed by atoms with Gasteiger partial charge >= 0.3 is 6.03 Å². The molecule has 0 bridgehead atoms. The van der Waals surface area contributed by atoms with Crippen LogP contribution in [0.25, 0.3) is 6.08 Å².